The van der Waals surface area contributed by atoms with Gasteiger partial charge in [-0.25, -0.2) is 9.37 Å². The van der Waals surface area contributed by atoms with E-state index < -0.39 is 11.7 Å². The van der Waals surface area contributed by atoms with Gasteiger partial charge in [0.1, 0.15) is 11.1 Å². The number of halogens is 1. The van der Waals surface area contributed by atoms with Crippen molar-refractivity contribution < 1.29 is 13.9 Å². The lowest BCUT2D eigenvalue weighted by Gasteiger charge is -2.34. The summed E-state index contributed by atoms with van der Waals surface area (Å²) in [4.78, 5) is 23.9. The van der Waals surface area contributed by atoms with Crippen molar-refractivity contribution in [3.05, 3.63) is 35.9 Å². The lowest BCUT2D eigenvalue weighted by molar-refractivity contribution is 0.102. The molecule has 3 heterocycles. The highest BCUT2D eigenvalue weighted by atomic mass is 19.1. The van der Waals surface area contributed by atoms with Crippen molar-refractivity contribution in [1.82, 2.24) is 25.1 Å². The predicted octanol–water partition coefficient (Wildman–Crippen LogP) is 2.34. The minimum atomic E-state index is -0.507. The van der Waals surface area contributed by atoms with Gasteiger partial charge in [0.25, 0.3) is 5.91 Å². The highest BCUT2D eigenvalue weighted by Gasteiger charge is 2.24. The highest BCUT2D eigenvalue weighted by Crippen LogP contribution is 2.25. The number of hydrogen-bond donors (Lipinski definition) is 2. The molecular formula is C21H26FN7O2. The normalized spacial score (nSPS) is 14.6. The Morgan fingerprint density at radius 1 is 1.39 bits per heavy atom. The van der Waals surface area contributed by atoms with Crippen LogP contribution in [-0.4, -0.2) is 58.4 Å². The zero-order valence-corrected chi connectivity index (χ0v) is 17.9. The van der Waals surface area contributed by atoms with Crippen LogP contribution in [0.15, 0.2) is 24.5 Å². The second-order valence-corrected chi connectivity index (χ2v) is 7.51. The van der Waals surface area contributed by atoms with E-state index in [4.69, 9.17) is 4.74 Å². The third-order valence-electron chi connectivity index (χ3n) is 5.46. The van der Waals surface area contributed by atoms with E-state index in [0.29, 0.717) is 23.1 Å². The molecule has 4 rings (SSSR count). The Bertz CT molecular complexity index is 1090. The molecule has 1 aliphatic heterocycles. The zero-order chi connectivity index (χ0) is 22.0. The molecule has 31 heavy (non-hydrogen) atoms. The van der Waals surface area contributed by atoms with Gasteiger partial charge >= 0.3 is 0 Å². The summed E-state index contributed by atoms with van der Waals surface area (Å²) in [7, 11) is 3.18. The van der Waals surface area contributed by atoms with Crippen molar-refractivity contribution in [3.63, 3.8) is 0 Å². The number of fused-ring (bicyclic) bond motifs is 1. The highest BCUT2D eigenvalue weighted by molar-refractivity contribution is 6.06. The summed E-state index contributed by atoms with van der Waals surface area (Å²) in [6.45, 7) is 4.72. The van der Waals surface area contributed by atoms with Crippen LogP contribution in [-0.2, 0) is 7.05 Å². The van der Waals surface area contributed by atoms with E-state index in [-0.39, 0.29) is 17.0 Å². The van der Waals surface area contributed by atoms with Crippen LogP contribution in [0.1, 0.15) is 30.1 Å². The van der Waals surface area contributed by atoms with Crippen LogP contribution in [0.4, 0.5) is 16.0 Å². The summed E-state index contributed by atoms with van der Waals surface area (Å²) in [6, 6.07) is 3.25. The fraction of sp³-hybridized carbons (Fsp3) is 0.429. The van der Waals surface area contributed by atoms with E-state index in [1.807, 2.05) is 0 Å². The summed E-state index contributed by atoms with van der Waals surface area (Å²) >= 11 is 0. The zero-order valence-electron chi connectivity index (χ0n) is 17.9. The summed E-state index contributed by atoms with van der Waals surface area (Å²) in [5.74, 6) is -0.271. The first-order valence-corrected chi connectivity index (χ1v) is 10.3. The molecule has 0 radical (unpaired) electrons. The molecule has 164 valence electrons. The summed E-state index contributed by atoms with van der Waals surface area (Å²) < 4.78 is 21.2. The maximum absolute atomic E-state index is 14.3. The van der Waals surface area contributed by atoms with Gasteiger partial charge in [-0.05, 0) is 45.0 Å². The largest absolute Gasteiger partial charge is 0.480 e. The monoisotopic (exact) mass is 427 g/mol. The number of anilines is 2. The van der Waals surface area contributed by atoms with Crippen LogP contribution in [0.5, 0.6) is 5.88 Å². The lowest BCUT2D eigenvalue weighted by Crippen LogP contribution is -2.44. The number of hydrogen-bond acceptors (Lipinski definition) is 7. The first-order chi connectivity index (χ1) is 15.0. The minimum Gasteiger partial charge on any atom is -0.480 e. The molecule has 1 aliphatic rings. The number of carbonyl (C=O) groups excluding carboxylic acids is 1. The molecule has 9 nitrogen and oxygen atoms in total. The third kappa shape index (κ3) is 4.29. The second kappa shape index (κ2) is 8.84. The van der Waals surface area contributed by atoms with Gasteiger partial charge < -0.3 is 20.3 Å². The molecule has 3 aromatic rings. The van der Waals surface area contributed by atoms with E-state index in [1.165, 1.54) is 24.1 Å². The van der Waals surface area contributed by atoms with Gasteiger partial charge in [0.2, 0.25) is 11.8 Å². The number of ether oxygens (including phenoxy) is 1. The molecule has 1 fully saturated rings. The molecule has 0 saturated carbocycles. The Morgan fingerprint density at radius 2 is 2.16 bits per heavy atom. The minimum absolute atomic E-state index is 0.179. The number of aryl methyl sites for hydroxylation is 1. The van der Waals surface area contributed by atoms with E-state index in [2.05, 4.69) is 37.5 Å². The Labute approximate surface area is 179 Å². The van der Waals surface area contributed by atoms with Gasteiger partial charge in [-0.1, -0.05) is 0 Å². The van der Waals surface area contributed by atoms with E-state index >= 15 is 0 Å². The molecule has 1 saturated heterocycles. The van der Waals surface area contributed by atoms with E-state index in [0.717, 1.165) is 32.5 Å². The van der Waals surface area contributed by atoms with Crippen LogP contribution in [0.2, 0.25) is 0 Å². The molecule has 0 unspecified atom stereocenters. The van der Waals surface area contributed by atoms with Crippen LogP contribution in [0.3, 0.4) is 0 Å². The second-order valence-electron chi connectivity index (χ2n) is 7.51. The maximum atomic E-state index is 14.3. The summed E-state index contributed by atoms with van der Waals surface area (Å²) in [5.41, 5.74) is 0.752. The molecule has 1 amide bonds. The van der Waals surface area contributed by atoms with E-state index in [9.17, 15) is 9.18 Å². The standard InChI is InChI=1S/C21H26FN7O2/c1-4-29(15-5-7-23-8-6-15)21-24-11-16(20(26-21)31-3)19(30)25-14-9-13-12-28(2)27-18(13)17(22)10-14/h9-12,15,23H,4-8H2,1-3H3,(H,25,30). The number of aromatic nitrogens is 4. The number of benzene rings is 1. The molecule has 1 aromatic carbocycles. The average molecular weight is 427 g/mol. The van der Waals surface area contributed by atoms with Crippen molar-refractivity contribution in [2.24, 2.45) is 7.05 Å². The van der Waals surface area contributed by atoms with Crippen molar-refractivity contribution in [3.8, 4) is 5.88 Å². The number of carbonyl (C=O) groups is 1. The summed E-state index contributed by atoms with van der Waals surface area (Å²) in [6.07, 6.45) is 5.15. The van der Waals surface area contributed by atoms with Gasteiger partial charge in [0.15, 0.2) is 5.82 Å². The number of nitrogens with one attached hydrogen (secondary N) is 2. The van der Waals surface area contributed by atoms with Crippen LogP contribution in [0, 0.1) is 5.82 Å². The molecule has 10 heteroatoms. The number of methoxy groups -OCH3 is 1. The molecule has 0 aliphatic carbocycles. The predicted molar refractivity (Wildman–Crippen MR) is 116 cm³/mol. The van der Waals surface area contributed by atoms with Gasteiger partial charge in [-0.15, -0.1) is 0 Å². The fourth-order valence-corrected chi connectivity index (χ4v) is 3.97. The van der Waals surface area contributed by atoms with Crippen molar-refractivity contribution in [1.29, 1.82) is 0 Å². The van der Waals surface area contributed by atoms with Crippen molar-refractivity contribution >= 4 is 28.4 Å². The lowest BCUT2D eigenvalue weighted by atomic mass is 10.1. The van der Waals surface area contributed by atoms with Crippen molar-refractivity contribution in [2.75, 3.05) is 37.0 Å². The summed E-state index contributed by atoms with van der Waals surface area (Å²) in [5, 5.41) is 10.7. The van der Waals surface area contributed by atoms with Gasteiger partial charge in [-0.3, -0.25) is 9.48 Å². The molecule has 2 N–H and O–H groups in total. The first kappa shape index (κ1) is 21.0. The Hall–Kier alpha value is -3.27. The Morgan fingerprint density at radius 3 is 2.87 bits per heavy atom. The van der Waals surface area contributed by atoms with Crippen LogP contribution >= 0.6 is 0 Å². The Balaban J connectivity index is 1.58. The first-order valence-electron chi connectivity index (χ1n) is 10.3. The molecule has 0 atom stereocenters. The molecule has 0 spiro atoms. The number of amides is 1. The number of piperidine rings is 1. The maximum Gasteiger partial charge on any atom is 0.262 e. The average Bonchev–Trinajstić information content (AvgIpc) is 3.15. The van der Waals surface area contributed by atoms with E-state index in [1.54, 1.807) is 19.3 Å². The fourth-order valence-electron chi connectivity index (χ4n) is 3.97. The number of rotatable bonds is 6. The van der Waals surface area contributed by atoms with Gasteiger partial charge in [-0.2, -0.15) is 10.1 Å². The Kier molecular flexibility index (Phi) is 5.99. The smallest absolute Gasteiger partial charge is 0.262 e. The molecular weight excluding hydrogens is 401 g/mol. The third-order valence-corrected chi connectivity index (χ3v) is 5.46. The van der Waals surface area contributed by atoms with Crippen molar-refractivity contribution in [2.45, 2.75) is 25.8 Å². The van der Waals surface area contributed by atoms with Gasteiger partial charge in [0.05, 0.1) is 7.11 Å². The van der Waals surface area contributed by atoms with Crippen LogP contribution in [0.25, 0.3) is 10.9 Å². The molecule has 2 aromatic heterocycles. The van der Waals surface area contributed by atoms with Crippen LogP contribution < -0.4 is 20.3 Å². The van der Waals surface area contributed by atoms with Gasteiger partial charge in [0, 0.05) is 43.1 Å². The molecule has 0 bridgehead atoms. The SMILES string of the molecule is CCN(c1ncc(C(=O)Nc2cc(F)c3nn(C)cc3c2)c(OC)n1)C1CCNCC1. The number of nitrogens with zero attached hydrogens (tertiary/aromatic N) is 5. The quantitative estimate of drug-likeness (QED) is 0.623. The topological polar surface area (TPSA) is 97.2 Å².